The third-order valence-corrected chi connectivity index (χ3v) is 6.79. The molecule has 2 aliphatic carbocycles. The highest BCUT2D eigenvalue weighted by atomic mass is 19.3. The van der Waals surface area contributed by atoms with Gasteiger partial charge in [-0.05, 0) is 72.7 Å². The molecule has 1 saturated carbocycles. The zero-order valence-electron chi connectivity index (χ0n) is 18.0. The number of allylic oxidation sites excluding steroid dienone is 1. The Morgan fingerprint density at radius 1 is 1.03 bits per heavy atom. The molecule has 0 atom stereocenters. The maximum Gasteiger partial charge on any atom is 0.586 e. The van der Waals surface area contributed by atoms with Crippen LogP contribution >= 0.6 is 0 Å². The molecule has 0 radical (unpaired) electrons. The highest BCUT2D eigenvalue weighted by Gasteiger charge is 2.52. The maximum atomic E-state index is 13.4. The maximum absolute atomic E-state index is 13.4. The van der Waals surface area contributed by atoms with Crippen LogP contribution in [0.2, 0.25) is 0 Å². The first-order valence-corrected chi connectivity index (χ1v) is 11.0. The van der Waals surface area contributed by atoms with Gasteiger partial charge in [0.1, 0.15) is 5.78 Å². The minimum absolute atomic E-state index is 0.0129. The number of halogens is 2. The molecule has 2 aromatic carbocycles. The van der Waals surface area contributed by atoms with Crippen molar-refractivity contribution in [2.75, 3.05) is 0 Å². The molecule has 1 aliphatic heterocycles. The lowest BCUT2D eigenvalue weighted by Gasteiger charge is -2.16. The first-order chi connectivity index (χ1) is 15.8. The van der Waals surface area contributed by atoms with Crippen molar-refractivity contribution in [3.8, 4) is 22.8 Å². The molecular weight excluding hydrogens is 424 g/mol. The standard InChI is InChI=1S/C27H21F2NO3/c1-16-5-9-21(30-25(16)19-7-6-17-3-2-4-18(17)13-19)15-24(31)26(11-12-26)20-8-10-22-23(14-20)33-27(28,29)32-22/h2,4-10,13-14H,3,11-12,15H2,1H3. The lowest BCUT2D eigenvalue weighted by atomic mass is 9.88. The van der Waals surface area contributed by atoms with E-state index in [9.17, 15) is 13.6 Å². The number of nitrogens with zero attached hydrogens (tertiary/aromatic N) is 1. The van der Waals surface area contributed by atoms with Gasteiger partial charge in [0.05, 0.1) is 11.1 Å². The Morgan fingerprint density at radius 3 is 2.67 bits per heavy atom. The van der Waals surface area contributed by atoms with Crippen LogP contribution in [0.3, 0.4) is 0 Å². The molecule has 6 rings (SSSR count). The van der Waals surface area contributed by atoms with E-state index in [0.717, 1.165) is 23.2 Å². The van der Waals surface area contributed by atoms with Gasteiger partial charge in [0.2, 0.25) is 0 Å². The van der Waals surface area contributed by atoms with Crippen molar-refractivity contribution in [3.63, 3.8) is 0 Å². The molecule has 1 fully saturated rings. The van der Waals surface area contributed by atoms with Gasteiger partial charge in [0.15, 0.2) is 11.5 Å². The Balaban J connectivity index is 1.27. The van der Waals surface area contributed by atoms with Crippen LogP contribution in [0.15, 0.2) is 54.6 Å². The molecule has 6 heteroatoms. The van der Waals surface area contributed by atoms with Gasteiger partial charge in [0.25, 0.3) is 0 Å². The van der Waals surface area contributed by atoms with Crippen molar-refractivity contribution in [2.45, 2.75) is 44.3 Å². The third-order valence-electron chi connectivity index (χ3n) is 6.79. The van der Waals surface area contributed by atoms with E-state index in [4.69, 9.17) is 4.98 Å². The molecular formula is C27H21F2NO3. The molecule has 1 aromatic heterocycles. The summed E-state index contributed by atoms with van der Waals surface area (Å²) in [6, 6.07) is 14.9. The Kier molecular flexibility index (Phi) is 4.25. The molecule has 0 saturated heterocycles. The summed E-state index contributed by atoms with van der Waals surface area (Å²) in [7, 11) is 0. The van der Waals surface area contributed by atoms with Crippen molar-refractivity contribution in [3.05, 3.63) is 82.6 Å². The smallest absolute Gasteiger partial charge is 0.395 e. The van der Waals surface area contributed by atoms with Crippen molar-refractivity contribution in [1.82, 2.24) is 4.98 Å². The molecule has 3 aliphatic rings. The van der Waals surface area contributed by atoms with E-state index in [-0.39, 0.29) is 23.7 Å². The van der Waals surface area contributed by atoms with E-state index in [0.29, 0.717) is 24.1 Å². The second-order valence-electron chi connectivity index (χ2n) is 9.00. The SMILES string of the molecule is Cc1ccc(CC(=O)C2(c3ccc4c(c3)OC(F)(F)O4)CC2)nc1-c1ccc2c(c1)C=CC2. The lowest BCUT2D eigenvalue weighted by Crippen LogP contribution is -2.26. The number of Topliss-reactive ketones (excluding diaryl/α,β-unsaturated/α-hetero) is 1. The van der Waals surface area contributed by atoms with Crippen LogP contribution in [-0.2, 0) is 23.1 Å². The number of hydrogen-bond acceptors (Lipinski definition) is 4. The Bertz CT molecular complexity index is 1340. The average Bonchev–Trinajstić information content (AvgIpc) is 3.35. The fourth-order valence-electron chi connectivity index (χ4n) is 4.79. The number of ether oxygens (including phenoxy) is 2. The molecule has 0 unspecified atom stereocenters. The first kappa shape index (κ1) is 20.1. The number of alkyl halides is 2. The number of fused-ring (bicyclic) bond motifs is 2. The highest BCUT2D eigenvalue weighted by Crippen LogP contribution is 2.52. The Morgan fingerprint density at radius 2 is 1.85 bits per heavy atom. The second kappa shape index (κ2) is 6.98. The average molecular weight is 445 g/mol. The van der Waals surface area contributed by atoms with Crippen LogP contribution in [0.25, 0.3) is 17.3 Å². The van der Waals surface area contributed by atoms with E-state index in [1.807, 2.05) is 19.1 Å². The van der Waals surface area contributed by atoms with Crippen LogP contribution in [0.4, 0.5) is 8.78 Å². The summed E-state index contributed by atoms with van der Waals surface area (Å²) < 4.78 is 35.8. The van der Waals surface area contributed by atoms with Gasteiger partial charge in [-0.25, -0.2) is 0 Å². The van der Waals surface area contributed by atoms with Crippen LogP contribution in [0.1, 0.15) is 40.8 Å². The highest BCUT2D eigenvalue weighted by molar-refractivity contribution is 5.94. The van der Waals surface area contributed by atoms with Gasteiger partial charge in [-0.2, -0.15) is 0 Å². The van der Waals surface area contributed by atoms with Crippen molar-refractivity contribution < 1.29 is 23.0 Å². The second-order valence-corrected chi connectivity index (χ2v) is 9.00. The fraction of sp³-hybridized carbons (Fsp3) is 0.259. The molecule has 0 N–H and O–H groups in total. The van der Waals surface area contributed by atoms with E-state index in [2.05, 4.69) is 39.8 Å². The number of carbonyl (C=O) groups is 1. The van der Waals surface area contributed by atoms with E-state index in [1.54, 1.807) is 6.07 Å². The fourth-order valence-corrected chi connectivity index (χ4v) is 4.79. The van der Waals surface area contributed by atoms with Crippen molar-refractivity contribution in [2.24, 2.45) is 0 Å². The monoisotopic (exact) mass is 445 g/mol. The number of rotatable bonds is 5. The van der Waals surface area contributed by atoms with Gasteiger partial charge in [-0.3, -0.25) is 9.78 Å². The summed E-state index contributed by atoms with van der Waals surface area (Å²) >= 11 is 0. The van der Waals surface area contributed by atoms with Crippen LogP contribution in [0.5, 0.6) is 11.5 Å². The first-order valence-electron chi connectivity index (χ1n) is 11.0. The zero-order valence-corrected chi connectivity index (χ0v) is 18.0. The molecule has 0 bridgehead atoms. The summed E-state index contributed by atoms with van der Waals surface area (Å²) in [4.78, 5) is 18.2. The summed E-state index contributed by atoms with van der Waals surface area (Å²) in [6.45, 7) is 2.02. The molecule has 4 nitrogen and oxygen atoms in total. The summed E-state index contributed by atoms with van der Waals surface area (Å²) in [5.41, 5.74) is 6.18. The van der Waals surface area contributed by atoms with Crippen LogP contribution in [-0.4, -0.2) is 17.1 Å². The van der Waals surface area contributed by atoms with Crippen LogP contribution < -0.4 is 9.47 Å². The minimum atomic E-state index is -3.67. The molecule has 3 aromatic rings. The largest absolute Gasteiger partial charge is 0.586 e. The number of hydrogen-bond donors (Lipinski definition) is 0. The normalized spacial score (nSPS) is 18.3. The predicted molar refractivity (Wildman–Crippen MR) is 119 cm³/mol. The molecule has 0 amide bonds. The zero-order chi connectivity index (χ0) is 22.8. The number of aryl methyl sites for hydroxylation is 1. The summed E-state index contributed by atoms with van der Waals surface area (Å²) in [5, 5.41) is 0. The van der Waals surface area contributed by atoms with Gasteiger partial charge in [-0.15, -0.1) is 8.78 Å². The number of pyridine rings is 1. The summed E-state index contributed by atoms with van der Waals surface area (Å²) in [5.74, 6) is -0.00803. The third kappa shape index (κ3) is 3.41. The van der Waals surface area contributed by atoms with E-state index < -0.39 is 11.7 Å². The van der Waals surface area contributed by atoms with Gasteiger partial charge < -0.3 is 9.47 Å². The number of benzene rings is 2. The van der Waals surface area contributed by atoms with Gasteiger partial charge in [-0.1, -0.05) is 36.4 Å². The quantitative estimate of drug-likeness (QED) is 0.499. The number of ketones is 1. The Hall–Kier alpha value is -3.54. The molecule has 33 heavy (non-hydrogen) atoms. The van der Waals surface area contributed by atoms with Crippen molar-refractivity contribution >= 4 is 11.9 Å². The van der Waals surface area contributed by atoms with Crippen LogP contribution in [0, 0.1) is 6.92 Å². The van der Waals surface area contributed by atoms with E-state index in [1.165, 1.54) is 23.3 Å². The van der Waals surface area contributed by atoms with Gasteiger partial charge in [0, 0.05) is 17.7 Å². The number of aromatic nitrogens is 1. The van der Waals surface area contributed by atoms with E-state index >= 15 is 0 Å². The molecule has 2 heterocycles. The molecule has 0 spiro atoms. The minimum Gasteiger partial charge on any atom is -0.395 e. The molecule has 166 valence electrons. The predicted octanol–water partition coefficient (Wildman–Crippen LogP) is 5.79. The topological polar surface area (TPSA) is 48.4 Å². The lowest BCUT2D eigenvalue weighted by molar-refractivity contribution is -0.286. The van der Waals surface area contributed by atoms with Gasteiger partial charge >= 0.3 is 6.29 Å². The van der Waals surface area contributed by atoms with Crippen molar-refractivity contribution in [1.29, 1.82) is 0 Å². The number of carbonyl (C=O) groups excluding carboxylic acids is 1. The summed E-state index contributed by atoms with van der Waals surface area (Å²) in [6.07, 6.45) is 3.10. The Labute approximate surface area is 189 Å².